The van der Waals surface area contributed by atoms with Gasteiger partial charge in [-0.25, -0.2) is 13.9 Å². The van der Waals surface area contributed by atoms with Crippen LogP contribution in [0.1, 0.15) is 54.1 Å². The molecule has 47 heavy (non-hydrogen) atoms. The largest absolute Gasteiger partial charge is 0.478 e. The summed E-state index contributed by atoms with van der Waals surface area (Å²) in [6.45, 7) is 0.152. The van der Waals surface area contributed by atoms with Gasteiger partial charge in [0.2, 0.25) is 0 Å². The molecule has 0 radical (unpaired) electrons. The van der Waals surface area contributed by atoms with Gasteiger partial charge in [-0.2, -0.15) is 0 Å². The monoisotopic (exact) mass is 652 g/mol. The minimum Gasteiger partial charge on any atom is -0.478 e. The number of aromatic carboxylic acids is 1. The van der Waals surface area contributed by atoms with Crippen LogP contribution in [-0.4, -0.2) is 67.1 Å². The van der Waals surface area contributed by atoms with Gasteiger partial charge in [0.1, 0.15) is 17.4 Å². The van der Waals surface area contributed by atoms with Crippen LogP contribution in [0.4, 0.5) is 4.39 Å². The average Bonchev–Trinajstić information content (AvgIpc) is 3.58. The molecule has 0 saturated carbocycles. The number of pyridine rings is 1. The average molecular weight is 653 g/mol. The van der Waals surface area contributed by atoms with Crippen LogP contribution in [0.3, 0.4) is 0 Å². The third-order valence-electron chi connectivity index (χ3n) is 7.99. The molecular weight excluding hydrogens is 627 g/mol. The molecule has 13 heteroatoms. The number of hydrogen-bond acceptors (Lipinski definition) is 7. The Balaban J connectivity index is 1.38. The van der Waals surface area contributed by atoms with Crippen molar-refractivity contribution in [3.63, 3.8) is 0 Å². The van der Waals surface area contributed by atoms with E-state index < -0.39 is 23.7 Å². The zero-order valence-electron chi connectivity index (χ0n) is 24.9. The lowest BCUT2D eigenvalue weighted by Gasteiger charge is -2.37. The van der Waals surface area contributed by atoms with Gasteiger partial charge in [0.25, 0.3) is 11.8 Å². The van der Waals surface area contributed by atoms with E-state index in [1.54, 1.807) is 48.7 Å². The number of benzene rings is 3. The summed E-state index contributed by atoms with van der Waals surface area (Å²) in [7, 11) is 1.52. The molecule has 3 heterocycles. The molecule has 11 nitrogen and oxygen atoms in total. The van der Waals surface area contributed by atoms with Crippen molar-refractivity contribution in [2.75, 3.05) is 13.6 Å². The molecule has 2 aromatic heterocycles. The van der Waals surface area contributed by atoms with Crippen LogP contribution in [-0.2, 0) is 17.6 Å². The van der Waals surface area contributed by atoms with Crippen molar-refractivity contribution >= 4 is 35.2 Å². The molecule has 1 aliphatic rings. The van der Waals surface area contributed by atoms with Gasteiger partial charge >= 0.3 is 5.97 Å². The molecule has 2 N–H and O–H groups in total. The summed E-state index contributed by atoms with van der Waals surface area (Å²) in [4.78, 5) is 57.2. The first-order valence-corrected chi connectivity index (χ1v) is 14.9. The fourth-order valence-electron chi connectivity index (χ4n) is 5.68. The van der Waals surface area contributed by atoms with Crippen molar-refractivity contribution in [1.82, 2.24) is 30.2 Å². The first kappa shape index (κ1) is 31.2. The van der Waals surface area contributed by atoms with E-state index >= 15 is 0 Å². The highest BCUT2D eigenvalue weighted by molar-refractivity contribution is 6.30. The third kappa shape index (κ3) is 6.10. The second-order valence-electron chi connectivity index (χ2n) is 10.8. The van der Waals surface area contributed by atoms with Crippen LogP contribution in [0, 0.1) is 5.82 Å². The Bertz CT molecular complexity index is 2030. The van der Waals surface area contributed by atoms with Crippen molar-refractivity contribution in [2.45, 2.75) is 18.9 Å². The maximum absolute atomic E-state index is 14.7. The van der Waals surface area contributed by atoms with Gasteiger partial charge in [-0.15, -0.1) is 5.10 Å². The summed E-state index contributed by atoms with van der Waals surface area (Å²) in [5.74, 6) is -3.01. The number of Topliss-reactive ketones (excluding diaryl/α,β-unsaturated/α-hetero) is 1. The molecule has 0 fully saturated rings. The molecule has 236 valence electrons. The first-order chi connectivity index (χ1) is 22.7. The number of aromatic nitrogens is 4. The normalized spacial score (nSPS) is 13.9. The van der Waals surface area contributed by atoms with Crippen molar-refractivity contribution in [3.05, 3.63) is 130 Å². The fraction of sp³-hybridized carbons (Fsp3) is 0.147. The van der Waals surface area contributed by atoms with Gasteiger partial charge in [0.05, 0.1) is 16.8 Å². The van der Waals surface area contributed by atoms with E-state index in [0.717, 1.165) is 21.4 Å². The molecule has 1 atom stereocenters. The molecule has 3 aromatic carbocycles. The molecule has 0 spiro atoms. The smallest absolute Gasteiger partial charge is 0.335 e. The Kier molecular flexibility index (Phi) is 8.59. The second kappa shape index (κ2) is 12.9. The van der Waals surface area contributed by atoms with Gasteiger partial charge < -0.3 is 15.3 Å². The van der Waals surface area contributed by atoms with Gasteiger partial charge in [-0.1, -0.05) is 59.3 Å². The third-order valence-corrected chi connectivity index (χ3v) is 8.28. The molecule has 5 aromatic rings. The number of carboxylic acid groups (broad SMARTS) is 1. The lowest BCUT2D eigenvalue weighted by molar-refractivity contribution is -0.123. The second-order valence-corrected chi connectivity index (χ2v) is 11.2. The van der Waals surface area contributed by atoms with Crippen molar-refractivity contribution < 1.29 is 28.7 Å². The number of rotatable bonds is 8. The number of carbonyl (C=O) groups excluding carboxylic acids is 3. The Morgan fingerprint density at radius 3 is 2.47 bits per heavy atom. The highest BCUT2D eigenvalue weighted by Gasteiger charge is 2.38. The van der Waals surface area contributed by atoms with Crippen molar-refractivity contribution in [1.29, 1.82) is 0 Å². The topological polar surface area (TPSA) is 147 Å². The maximum atomic E-state index is 14.7. The van der Waals surface area contributed by atoms with Crippen LogP contribution < -0.4 is 5.32 Å². The molecule has 0 bridgehead atoms. The molecule has 6 rings (SSSR count). The minimum atomic E-state index is -1.09. The van der Waals surface area contributed by atoms with Crippen LogP contribution >= 0.6 is 11.6 Å². The zero-order chi connectivity index (χ0) is 33.2. The van der Waals surface area contributed by atoms with E-state index in [9.17, 15) is 28.7 Å². The number of carbonyl (C=O) groups is 4. The number of fused-ring (bicyclic) bond motifs is 1. The number of amides is 2. The Hall–Kier alpha value is -5.75. The number of carboxylic acids is 1. The zero-order valence-corrected chi connectivity index (χ0v) is 25.6. The molecule has 2 amide bonds. The first-order valence-electron chi connectivity index (χ1n) is 14.5. The predicted molar refractivity (Wildman–Crippen MR) is 169 cm³/mol. The predicted octanol–water partition coefficient (Wildman–Crippen LogP) is 4.73. The van der Waals surface area contributed by atoms with Crippen molar-refractivity contribution in [3.8, 4) is 16.8 Å². The van der Waals surface area contributed by atoms with Crippen LogP contribution in [0.25, 0.3) is 16.8 Å². The number of nitrogens with zero attached hydrogens (tertiary/aromatic N) is 5. The number of halogens is 2. The van der Waals surface area contributed by atoms with Crippen molar-refractivity contribution in [2.24, 2.45) is 0 Å². The highest BCUT2D eigenvalue weighted by atomic mass is 35.5. The Labute approximate surface area is 272 Å². The van der Waals surface area contributed by atoms with Gasteiger partial charge in [-0.05, 0) is 59.0 Å². The van der Waals surface area contributed by atoms with E-state index in [0.29, 0.717) is 17.5 Å². The van der Waals surface area contributed by atoms with Gasteiger partial charge in [0.15, 0.2) is 17.3 Å². The number of hydrogen-bond donors (Lipinski definition) is 2. The summed E-state index contributed by atoms with van der Waals surface area (Å²) in [6.07, 6.45) is 3.18. The molecule has 1 aliphatic heterocycles. The van der Waals surface area contributed by atoms with Crippen LogP contribution in [0.15, 0.2) is 85.2 Å². The molecule has 0 aliphatic carbocycles. The Morgan fingerprint density at radius 2 is 1.77 bits per heavy atom. The summed E-state index contributed by atoms with van der Waals surface area (Å²) in [5, 5.41) is 19.6. The van der Waals surface area contributed by atoms with E-state index in [4.69, 9.17) is 11.6 Å². The quantitative estimate of drug-likeness (QED) is 0.245. The molecule has 0 unspecified atom stereocenters. The van der Waals surface area contributed by atoms with E-state index in [-0.39, 0.29) is 52.3 Å². The lowest BCUT2D eigenvalue weighted by atomic mass is 9.84. The molecule has 0 saturated heterocycles. The SMILES string of the molecule is CNC(=O)c1ccc(-c2cccc3c2CCN(C(=O)c2cn(-c4cccc(Cl)c4F)nn2)[C@@H]3C(=O)Cc2ccc(C(=O)O)cc2)cn1. The van der Waals surface area contributed by atoms with Crippen LogP contribution in [0.5, 0.6) is 0 Å². The Morgan fingerprint density at radius 1 is 1.00 bits per heavy atom. The lowest BCUT2D eigenvalue weighted by Crippen LogP contribution is -2.44. The maximum Gasteiger partial charge on any atom is 0.335 e. The summed E-state index contributed by atoms with van der Waals surface area (Å²) < 4.78 is 15.8. The van der Waals surface area contributed by atoms with Crippen LogP contribution in [0.2, 0.25) is 5.02 Å². The van der Waals surface area contributed by atoms with E-state index in [1.807, 2.05) is 6.07 Å². The molecular formula is C34H26ClFN6O5. The number of ketones is 1. The minimum absolute atomic E-state index is 0.00571. The van der Waals surface area contributed by atoms with E-state index in [2.05, 4.69) is 20.6 Å². The summed E-state index contributed by atoms with van der Waals surface area (Å²) >= 11 is 5.93. The summed E-state index contributed by atoms with van der Waals surface area (Å²) in [6, 6.07) is 18.2. The van der Waals surface area contributed by atoms with Gasteiger partial charge in [0, 0.05) is 31.8 Å². The number of nitrogens with one attached hydrogen (secondary N) is 1. The highest BCUT2D eigenvalue weighted by Crippen LogP contribution is 2.38. The fourth-order valence-corrected chi connectivity index (χ4v) is 5.85. The standard InChI is InChI=1S/C34H26ClFN6O5/c1-37-32(44)26-13-12-21(17-38-26)22-4-2-5-24-23(22)14-15-41(31(24)29(43)16-19-8-10-20(11-9-19)34(46)47)33(45)27-18-42(40-39-27)28-7-3-6-25(35)30(28)36/h2-13,17-18,31H,14-16H2,1H3,(H,37,44)(H,46,47)/t31-/m0/s1. The summed E-state index contributed by atoms with van der Waals surface area (Å²) in [5.41, 5.74) is 3.81. The van der Waals surface area contributed by atoms with Gasteiger partial charge in [-0.3, -0.25) is 19.4 Å². The van der Waals surface area contributed by atoms with E-state index in [1.165, 1.54) is 42.4 Å².